The largest absolute Gasteiger partial charge is 0.372 e. The Bertz CT molecular complexity index is 1420. The summed E-state index contributed by atoms with van der Waals surface area (Å²) in [5, 5.41) is 4.18. The van der Waals surface area contributed by atoms with Gasteiger partial charge in [0.2, 0.25) is 0 Å². The van der Waals surface area contributed by atoms with E-state index in [1.54, 1.807) is 18.4 Å². The summed E-state index contributed by atoms with van der Waals surface area (Å²) < 4.78 is 12.4. The van der Waals surface area contributed by atoms with Gasteiger partial charge in [-0.05, 0) is 66.8 Å². The Morgan fingerprint density at radius 1 is 0.975 bits per heavy atom. The molecule has 2 heterocycles. The number of ether oxygens (including phenoxy) is 2. The van der Waals surface area contributed by atoms with E-state index in [2.05, 4.69) is 71.7 Å². The molecule has 3 aromatic carbocycles. The van der Waals surface area contributed by atoms with Gasteiger partial charge in [0.05, 0.1) is 24.7 Å². The van der Waals surface area contributed by atoms with Crippen LogP contribution in [0.25, 0.3) is 10.8 Å². The van der Waals surface area contributed by atoms with Crippen molar-refractivity contribution >= 4 is 16.7 Å². The maximum Gasteiger partial charge on any atom is 0.330 e. The van der Waals surface area contributed by atoms with E-state index in [0.717, 1.165) is 23.1 Å². The van der Waals surface area contributed by atoms with Crippen LogP contribution in [0, 0.1) is 5.41 Å². The Hall–Kier alpha value is -3.58. The molecule has 4 aromatic rings. The topological polar surface area (TPSA) is 60.9 Å². The van der Waals surface area contributed by atoms with E-state index in [0.29, 0.717) is 19.7 Å². The second-order valence-electron chi connectivity index (χ2n) is 11.5. The fourth-order valence-corrected chi connectivity index (χ4v) is 5.22. The van der Waals surface area contributed by atoms with E-state index < -0.39 is 5.41 Å². The van der Waals surface area contributed by atoms with Crippen molar-refractivity contribution in [3.8, 4) is 0 Å². The van der Waals surface area contributed by atoms with Crippen molar-refractivity contribution in [2.75, 3.05) is 20.2 Å². The second-order valence-corrected chi connectivity index (χ2v) is 11.5. The Kier molecular flexibility index (Phi) is 8.60. The number of methoxy groups -OCH3 is 1. The van der Waals surface area contributed by atoms with Crippen molar-refractivity contribution in [2.24, 2.45) is 5.41 Å². The van der Waals surface area contributed by atoms with Crippen LogP contribution in [0.5, 0.6) is 0 Å². The van der Waals surface area contributed by atoms with E-state index in [1.807, 2.05) is 39.1 Å². The van der Waals surface area contributed by atoms with Crippen molar-refractivity contribution in [3.63, 3.8) is 0 Å². The molecule has 3 atom stereocenters. The number of pyridine rings is 1. The van der Waals surface area contributed by atoms with Gasteiger partial charge in [-0.2, -0.15) is 0 Å². The summed E-state index contributed by atoms with van der Waals surface area (Å²) in [6, 6.07) is 27.3. The maximum atomic E-state index is 12.6. The van der Waals surface area contributed by atoms with Gasteiger partial charge in [-0.15, -0.1) is 5.06 Å². The monoisotopic (exact) mass is 538 g/mol. The SMILES string of the molecule is COC(c1ccc(C2CCN(OC(=O)C(C)(C)C)CC2OCc2ccc3ccccc3c2)cc1)c1cccnc1. The van der Waals surface area contributed by atoms with Gasteiger partial charge in [-0.25, -0.2) is 4.79 Å². The lowest BCUT2D eigenvalue weighted by Gasteiger charge is -2.38. The van der Waals surface area contributed by atoms with Crippen LogP contribution in [0.3, 0.4) is 0 Å². The third-order valence-corrected chi connectivity index (χ3v) is 7.51. The van der Waals surface area contributed by atoms with Crippen LogP contribution in [0.4, 0.5) is 0 Å². The highest BCUT2D eigenvalue weighted by Crippen LogP contribution is 2.34. The molecule has 40 heavy (non-hydrogen) atoms. The van der Waals surface area contributed by atoms with Crippen LogP contribution in [0.1, 0.15) is 61.5 Å². The molecule has 208 valence electrons. The number of nitrogens with zero attached hydrogens (tertiary/aromatic N) is 2. The lowest BCUT2D eigenvalue weighted by molar-refractivity contribution is -0.216. The predicted molar refractivity (Wildman–Crippen MR) is 157 cm³/mol. The summed E-state index contributed by atoms with van der Waals surface area (Å²) in [7, 11) is 1.72. The van der Waals surface area contributed by atoms with Gasteiger partial charge in [-0.3, -0.25) is 4.98 Å². The number of aromatic nitrogens is 1. The smallest absolute Gasteiger partial charge is 0.330 e. The van der Waals surface area contributed by atoms with Crippen LogP contribution in [0.15, 0.2) is 91.3 Å². The number of rotatable bonds is 8. The van der Waals surface area contributed by atoms with Crippen molar-refractivity contribution in [3.05, 3.63) is 114 Å². The third-order valence-electron chi connectivity index (χ3n) is 7.51. The zero-order valence-corrected chi connectivity index (χ0v) is 23.7. The van der Waals surface area contributed by atoms with Gasteiger partial charge in [0.1, 0.15) is 6.10 Å². The van der Waals surface area contributed by atoms with E-state index in [1.165, 1.54) is 16.3 Å². The molecule has 1 aliphatic heterocycles. The average molecular weight is 539 g/mol. The summed E-state index contributed by atoms with van der Waals surface area (Å²) in [4.78, 5) is 22.7. The lowest BCUT2D eigenvalue weighted by atomic mass is 9.86. The number of hydroxylamine groups is 2. The molecule has 0 spiro atoms. The van der Waals surface area contributed by atoms with E-state index in [4.69, 9.17) is 14.3 Å². The van der Waals surface area contributed by atoms with Gasteiger partial charge in [0.15, 0.2) is 0 Å². The number of hydrogen-bond donors (Lipinski definition) is 0. The van der Waals surface area contributed by atoms with E-state index >= 15 is 0 Å². The fraction of sp³-hybridized carbons (Fsp3) is 0.353. The summed E-state index contributed by atoms with van der Waals surface area (Å²) in [5.41, 5.74) is 3.85. The molecule has 1 saturated heterocycles. The molecule has 5 rings (SSSR count). The minimum atomic E-state index is -0.569. The van der Waals surface area contributed by atoms with Crippen LogP contribution in [-0.2, 0) is 25.7 Å². The zero-order valence-electron chi connectivity index (χ0n) is 23.7. The molecule has 0 N–H and O–H groups in total. The number of fused-ring (bicyclic) bond motifs is 1. The Labute approximate surface area is 236 Å². The Balaban J connectivity index is 1.35. The maximum absolute atomic E-state index is 12.6. The molecule has 1 aromatic heterocycles. The van der Waals surface area contributed by atoms with Crippen molar-refractivity contribution in [1.29, 1.82) is 0 Å². The summed E-state index contributed by atoms with van der Waals surface area (Å²) >= 11 is 0. The van der Waals surface area contributed by atoms with Gasteiger partial charge in [0, 0.05) is 37.5 Å². The van der Waals surface area contributed by atoms with Crippen molar-refractivity contribution in [1.82, 2.24) is 10.0 Å². The van der Waals surface area contributed by atoms with Crippen LogP contribution < -0.4 is 0 Å². The van der Waals surface area contributed by atoms with Gasteiger partial charge in [-0.1, -0.05) is 66.7 Å². The molecule has 0 saturated carbocycles. The van der Waals surface area contributed by atoms with Gasteiger partial charge >= 0.3 is 5.97 Å². The molecular weight excluding hydrogens is 500 g/mol. The van der Waals surface area contributed by atoms with Crippen molar-refractivity contribution < 1.29 is 19.1 Å². The number of carbonyl (C=O) groups is 1. The Morgan fingerprint density at radius 2 is 1.75 bits per heavy atom. The predicted octanol–water partition coefficient (Wildman–Crippen LogP) is 6.85. The summed E-state index contributed by atoms with van der Waals surface area (Å²) in [5.74, 6) is -0.0666. The summed E-state index contributed by atoms with van der Waals surface area (Å²) in [6.45, 7) is 7.26. The molecule has 1 aliphatic rings. The first-order valence-electron chi connectivity index (χ1n) is 13.9. The standard InChI is InChI=1S/C34H38N2O4/c1-34(2,3)33(37)40-36-19-17-30(26-13-15-27(16-14-26)32(38-4)29-10-7-18-35-21-29)31(22-36)39-23-24-11-12-25-8-5-6-9-28(25)20-24/h5-16,18,20-21,30-32H,17,19,22-23H2,1-4H3. The number of piperidine rings is 1. The molecule has 6 nitrogen and oxygen atoms in total. The molecule has 0 bridgehead atoms. The van der Waals surface area contributed by atoms with Crippen LogP contribution in [0.2, 0.25) is 0 Å². The number of hydrogen-bond acceptors (Lipinski definition) is 6. The molecule has 6 heteroatoms. The Morgan fingerprint density at radius 3 is 2.45 bits per heavy atom. The minimum Gasteiger partial charge on any atom is -0.372 e. The van der Waals surface area contributed by atoms with Gasteiger partial charge < -0.3 is 14.3 Å². The van der Waals surface area contributed by atoms with E-state index in [9.17, 15) is 4.79 Å². The molecule has 1 fully saturated rings. The third kappa shape index (κ3) is 6.58. The number of benzene rings is 3. The molecule has 0 amide bonds. The minimum absolute atomic E-state index is 0.143. The first-order valence-corrected chi connectivity index (χ1v) is 13.9. The fourth-order valence-electron chi connectivity index (χ4n) is 5.22. The summed E-state index contributed by atoms with van der Waals surface area (Å²) in [6.07, 6.45) is 4.10. The highest BCUT2D eigenvalue weighted by atomic mass is 16.7. The lowest BCUT2D eigenvalue weighted by Crippen LogP contribution is -2.46. The average Bonchev–Trinajstić information content (AvgIpc) is 2.97. The highest BCUT2D eigenvalue weighted by Gasteiger charge is 2.35. The first kappa shape index (κ1) is 28.0. The van der Waals surface area contributed by atoms with Crippen LogP contribution >= 0.6 is 0 Å². The molecule has 0 radical (unpaired) electrons. The van der Waals surface area contributed by atoms with E-state index in [-0.39, 0.29) is 24.1 Å². The molecule has 0 aliphatic carbocycles. The van der Waals surface area contributed by atoms with Gasteiger partial charge in [0.25, 0.3) is 0 Å². The quantitative estimate of drug-likeness (QED) is 0.245. The number of carbonyl (C=O) groups excluding carboxylic acids is 1. The van der Waals surface area contributed by atoms with Crippen LogP contribution in [-0.4, -0.2) is 42.3 Å². The zero-order chi connectivity index (χ0) is 28.1. The molecular formula is C34H38N2O4. The second kappa shape index (κ2) is 12.3. The first-order chi connectivity index (χ1) is 19.3. The van der Waals surface area contributed by atoms with Crippen molar-refractivity contribution in [2.45, 2.75) is 51.9 Å². The highest BCUT2D eigenvalue weighted by molar-refractivity contribution is 5.82. The normalized spacial score (nSPS) is 18.9. The molecule has 3 unspecified atom stereocenters.